The summed E-state index contributed by atoms with van der Waals surface area (Å²) in [5.41, 5.74) is 7.29. The lowest BCUT2D eigenvalue weighted by atomic mass is 10.1. The lowest BCUT2D eigenvalue weighted by molar-refractivity contribution is 0.0600. The van der Waals surface area contributed by atoms with Gasteiger partial charge in [-0.2, -0.15) is 0 Å². The van der Waals surface area contributed by atoms with Gasteiger partial charge >= 0.3 is 5.97 Å². The Balaban J connectivity index is 2.02. The highest BCUT2D eigenvalue weighted by Gasteiger charge is 2.14. The minimum absolute atomic E-state index is 0.134. The minimum atomic E-state index is -0.604. The number of nitrogens with zero attached hydrogens (tertiary/aromatic N) is 3. The van der Waals surface area contributed by atoms with E-state index in [1.54, 1.807) is 23.0 Å². The molecule has 7 nitrogen and oxygen atoms in total. The Morgan fingerprint density at radius 1 is 1.46 bits per heavy atom. The number of aromatic nitrogens is 3. The predicted octanol–water partition coefficient (Wildman–Crippen LogP) is 1.53. The van der Waals surface area contributed by atoms with E-state index in [0.29, 0.717) is 16.9 Å². The first-order valence-electron chi connectivity index (χ1n) is 7.03. The largest absolute Gasteiger partial charge is 0.465 e. The van der Waals surface area contributed by atoms with E-state index >= 15 is 0 Å². The zero-order valence-electron chi connectivity index (χ0n) is 12.8. The second kappa shape index (κ2) is 6.07. The quantitative estimate of drug-likeness (QED) is 0.429. The summed E-state index contributed by atoms with van der Waals surface area (Å²) in [4.78, 5) is 19.9. The summed E-state index contributed by atoms with van der Waals surface area (Å²) >= 11 is 0. The number of methoxy groups -OCH3 is 1. The Morgan fingerprint density at radius 2 is 2.25 bits per heavy atom. The summed E-state index contributed by atoms with van der Waals surface area (Å²) < 4.78 is 20.5. The van der Waals surface area contributed by atoms with Crippen LogP contribution in [0.15, 0.2) is 36.8 Å². The Kier molecular flexibility index (Phi) is 3.95. The molecule has 0 spiro atoms. The number of hydrogen-bond donors (Lipinski definition) is 2. The van der Waals surface area contributed by atoms with Gasteiger partial charge in [0.25, 0.3) is 0 Å². The van der Waals surface area contributed by atoms with Crippen molar-refractivity contribution in [1.82, 2.24) is 14.4 Å². The molecule has 0 fully saturated rings. The summed E-state index contributed by atoms with van der Waals surface area (Å²) in [5, 5.41) is 7.54. The Bertz CT molecular complexity index is 951. The normalized spacial score (nSPS) is 10.8. The molecule has 0 atom stereocenters. The van der Waals surface area contributed by atoms with E-state index < -0.39 is 11.8 Å². The number of halogens is 1. The summed E-state index contributed by atoms with van der Waals surface area (Å²) in [7, 11) is 1.24. The molecule has 122 valence electrons. The molecule has 8 heteroatoms. The second-order valence-corrected chi connectivity index (χ2v) is 5.12. The molecular weight excluding hydrogens is 313 g/mol. The Morgan fingerprint density at radius 3 is 2.92 bits per heavy atom. The SMILES string of the molecule is COC(=O)c1ccc(Cc2nc(C(=N)N)cn3ccnc23)c(F)c1. The summed E-state index contributed by atoms with van der Waals surface area (Å²) in [5.74, 6) is -1.33. The summed E-state index contributed by atoms with van der Waals surface area (Å²) in [6.07, 6.45) is 5.02. The predicted molar refractivity (Wildman–Crippen MR) is 84.5 cm³/mol. The molecule has 3 aromatic rings. The number of nitrogens with two attached hydrogens (primary N) is 1. The molecule has 0 radical (unpaired) electrons. The molecule has 0 saturated carbocycles. The van der Waals surface area contributed by atoms with Gasteiger partial charge < -0.3 is 14.9 Å². The average Bonchev–Trinajstić information content (AvgIpc) is 3.04. The van der Waals surface area contributed by atoms with Crippen LogP contribution in [-0.2, 0) is 11.2 Å². The molecule has 24 heavy (non-hydrogen) atoms. The van der Waals surface area contributed by atoms with Gasteiger partial charge in [-0.05, 0) is 17.7 Å². The van der Waals surface area contributed by atoms with E-state index in [9.17, 15) is 9.18 Å². The minimum Gasteiger partial charge on any atom is -0.465 e. The van der Waals surface area contributed by atoms with Gasteiger partial charge in [0, 0.05) is 25.0 Å². The number of rotatable bonds is 4. The molecule has 0 aliphatic heterocycles. The van der Waals surface area contributed by atoms with Crippen LogP contribution in [0.2, 0.25) is 0 Å². The van der Waals surface area contributed by atoms with Crippen LogP contribution >= 0.6 is 0 Å². The maximum absolute atomic E-state index is 14.3. The molecule has 0 aliphatic rings. The van der Waals surface area contributed by atoms with Gasteiger partial charge in [-0.1, -0.05) is 6.07 Å². The van der Waals surface area contributed by atoms with Crippen molar-refractivity contribution in [2.24, 2.45) is 5.73 Å². The monoisotopic (exact) mass is 327 g/mol. The van der Waals surface area contributed by atoms with Gasteiger partial charge in [-0.3, -0.25) is 5.41 Å². The number of ether oxygens (including phenoxy) is 1. The molecule has 0 amide bonds. The smallest absolute Gasteiger partial charge is 0.337 e. The van der Waals surface area contributed by atoms with Crippen LogP contribution in [-0.4, -0.2) is 33.3 Å². The summed E-state index contributed by atoms with van der Waals surface area (Å²) in [6.45, 7) is 0. The van der Waals surface area contributed by atoms with Crippen molar-refractivity contribution >= 4 is 17.5 Å². The zero-order valence-corrected chi connectivity index (χ0v) is 12.8. The molecule has 2 aromatic heterocycles. The lowest BCUT2D eigenvalue weighted by Gasteiger charge is -2.08. The molecule has 0 unspecified atom stereocenters. The molecule has 2 heterocycles. The third kappa shape index (κ3) is 2.81. The van der Waals surface area contributed by atoms with Crippen molar-refractivity contribution in [3.63, 3.8) is 0 Å². The standard InChI is InChI=1S/C16H14FN5O2/c1-24-16(23)10-3-2-9(11(17)6-10)7-12-15-20-4-5-22(15)8-13(21-12)14(18)19/h2-6,8H,7H2,1H3,(H3,18,19). The first kappa shape index (κ1) is 15.6. The molecule has 1 aromatic carbocycles. The van der Waals surface area contributed by atoms with Crippen LogP contribution in [0.4, 0.5) is 4.39 Å². The zero-order chi connectivity index (χ0) is 17.3. The van der Waals surface area contributed by atoms with Gasteiger partial charge in [0.1, 0.15) is 17.3 Å². The van der Waals surface area contributed by atoms with Gasteiger partial charge in [0.05, 0.1) is 18.4 Å². The second-order valence-electron chi connectivity index (χ2n) is 5.12. The maximum Gasteiger partial charge on any atom is 0.337 e. The number of imidazole rings is 1. The van der Waals surface area contributed by atoms with Crippen molar-refractivity contribution in [1.29, 1.82) is 5.41 Å². The van der Waals surface area contributed by atoms with E-state index in [2.05, 4.69) is 14.7 Å². The summed E-state index contributed by atoms with van der Waals surface area (Å²) in [6, 6.07) is 4.11. The highest BCUT2D eigenvalue weighted by molar-refractivity contribution is 5.93. The first-order chi connectivity index (χ1) is 11.5. The fraction of sp³-hybridized carbons (Fsp3) is 0.125. The van der Waals surface area contributed by atoms with E-state index in [-0.39, 0.29) is 23.5 Å². The van der Waals surface area contributed by atoms with Crippen LogP contribution in [0.1, 0.15) is 27.3 Å². The van der Waals surface area contributed by atoms with Crippen LogP contribution in [0.3, 0.4) is 0 Å². The number of amidine groups is 1. The van der Waals surface area contributed by atoms with Gasteiger partial charge in [-0.15, -0.1) is 0 Å². The Hall–Kier alpha value is -3.29. The highest BCUT2D eigenvalue weighted by atomic mass is 19.1. The fourth-order valence-electron chi connectivity index (χ4n) is 2.36. The number of fused-ring (bicyclic) bond motifs is 1. The van der Waals surface area contributed by atoms with E-state index in [0.717, 1.165) is 6.07 Å². The molecule has 0 aliphatic carbocycles. The number of benzene rings is 1. The number of hydrogen-bond acceptors (Lipinski definition) is 5. The van der Waals surface area contributed by atoms with Gasteiger partial charge in [0.15, 0.2) is 5.65 Å². The molecule has 0 bridgehead atoms. The molecule has 3 N–H and O–H groups in total. The van der Waals surface area contributed by atoms with E-state index in [1.165, 1.54) is 19.2 Å². The van der Waals surface area contributed by atoms with Crippen LogP contribution in [0.25, 0.3) is 5.65 Å². The molecule has 3 rings (SSSR count). The van der Waals surface area contributed by atoms with Crippen LogP contribution in [0, 0.1) is 11.2 Å². The fourth-order valence-corrected chi connectivity index (χ4v) is 2.36. The topological polar surface area (TPSA) is 106 Å². The van der Waals surface area contributed by atoms with Crippen molar-refractivity contribution in [3.05, 3.63) is 65.1 Å². The van der Waals surface area contributed by atoms with Crippen molar-refractivity contribution in [2.45, 2.75) is 6.42 Å². The van der Waals surface area contributed by atoms with Crippen molar-refractivity contribution in [2.75, 3.05) is 7.11 Å². The van der Waals surface area contributed by atoms with Crippen LogP contribution < -0.4 is 5.73 Å². The lowest BCUT2D eigenvalue weighted by Crippen LogP contribution is -2.16. The number of carbonyl (C=O) groups excluding carboxylic acids is 1. The maximum atomic E-state index is 14.3. The molecular formula is C16H14FN5O2. The highest BCUT2D eigenvalue weighted by Crippen LogP contribution is 2.18. The number of nitrogen functional groups attached to an aromatic ring is 1. The third-order valence-corrected chi connectivity index (χ3v) is 3.55. The number of esters is 1. The Labute approximate surface area is 136 Å². The van der Waals surface area contributed by atoms with Crippen molar-refractivity contribution < 1.29 is 13.9 Å². The van der Waals surface area contributed by atoms with E-state index in [4.69, 9.17) is 11.1 Å². The molecule has 0 saturated heterocycles. The van der Waals surface area contributed by atoms with Gasteiger partial charge in [-0.25, -0.2) is 19.2 Å². The number of carbonyl (C=O) groups is 1. The van der Waals surface area contributed by atoms with E-state index in [1.807, 2.05) is 0 Å². The third-order valence-electron chi connectivity index (χ3n) is 3.55. The van der Waals surface area contributed by atoms with Crippen molar-refractivity contribution in [3.8, 4) is 0 Å². The number of nitrogens with one attached hydrogen (secondary N) is 1. The van der Waals surface area contributed by atoms with Gasteiger partial charge in [0.2, 0.25) is 0 Å². The first-order valence-corrected chi connectivity index (χ1v) is 7.03. The average molecular weight is 327 g/mol. The van der Waals surface area contributed by atoms with Crippen LogP contribution in [0.5, 0.6) is 0 Å².